The van der Waals surface area contributed by atoms with Crippen molar-refractivity contribution in [3.8, 4) is 5.88 Å². The standard InChI is InChI=1S/C10H16N2O/c1-4-8(2)12-9-5-6-10(13-3)11-7-9/h5-8,12H,4H2,1-3H3. The van der Waals surface area contributed by atoms with E-state index in [1.54, 1.807) is 13.3 Å². The number of hydrogen-bond donors (Lipinski definition) is 1. The average Bonchev–Trinajstić information content (AvgIpc) is 2.19. The van der Waals surface area contributed by atoms with E-state index in [4.69, 9.17) is 4.74 Å². The molecule has 0 saturated heterocycles. The largest absolute Gasteiger partial charge is 0.481 e. The normalized spacial score (nSPS) is 12.2. The molecule has 0 fully saturated rings. The Hall–Kier alpha value is -1.25. The summed E-state index contributed by atoms with van der Waals surface area (Å²) in [4.78, 5) is 4.10. The van der Waals surface area contributed by atoms with Crippen LogP contribution >= 0.6 is 0 Å². The Kier molecular flexibility index (Phi) is 3.55. The molecule has 0 amide bonds. The third-order valence-corrected chi connectivity index (χ3v) is 1.97. The Morgan fingerprint density at radius 2 is 2.31 bits per heavy atom. The molecular formula is C10H16N2O. The molecule has 1 atom stereocenters. The lowest BCUT2D eigenvalue weighted by Gasteiger charge is -2.12. The van der Waals surface area contributed by atoms with Crippen molar-refractivity contribution in [3.05, 3.63) is 18.3 Å². The van der Waals surface area contributed by atoms with Gasteiger partial charge in [-0.05, 0) is 19.4 Å². The van der Waals surface area contributed by atoms with E-state index in [1.807, 2.05) is 12.1 Å². The van der Waals surface area contributed by atoms with Crippen LogP contribution in [0.3, 0.4) is 0 Å². The zero-order chi connectivity index (χ0) is 9.68. The van der Waals surface area contributed by atoms with Crippen molar-refractivity contribution in [2.75, 3.05) is 12.4 Å². The Balaban J connectivity index is 2.58. The third kappa shape index (κ3) is 2.93. The van der Waals surface area contributed by atoms with Gasteiger partial charge in [0.1, 0.15) is 0 Å². The molecule has 1 heterocycles. The Morgan fingerprint density at radius 3 is 2.77 bits per heavy atom. The molecule has 1 aromatic rings. The lowest BCUT2D eigenvalue weighted by Crippen LogP contribution is -2.13. The van der Waals surface area contributed by atoms with E-state index in [9.17, 15) is 0 Å². The number of methoxy groups -OCH3 is 1. The SMILES string of the molecule is CCC(C)Nc1ccc(OC)nc1. The van der Waals surface area contributed by atoms with Crippen molar-refractivity contribution in [1.29, 1.82) is 0 Å². The van der Waals surface area contributed by atoms with Gasteiger partial charge in [0.25, 0.3) is 0 Å². The van der Waals surface area contributed by atoms with Crippen molar-refractivity contribution >= 4 is 5.69 Å². The highest BCUT2D eigenvalue weighted by molar-refractivity contribution is 5.42. The molecular weight excluding hydrogens is 164 g/mol. The maximum absolute atomic E-state index is 4.96. The Labute approximate surface area is 79.1 Å². The molecule has 0 spiro atoms. The number of anilines is 1. The first-order valence-electron chi connectivity index (χ1n) is 4.52. The number of nitrogens with one attached hydrogen (secondary N) is 1. The summed E-state index contributed by atoms with van der Waals surface area (Å²) in [5, 5.41) is 3.32. The summed E-state index contributed by atoms with van der Waals surface area (Å²) in [6.45, 7) is 4.29. The summed E-state index contributed by atoms with van der Waals surface area (Å²) < 4.78 is 4.96. The van der Waals surface area contributed by atoms with E-state index >= 15 is 0 Å². The summed E-state index contributed by atoms with van der Waals surface area (Å²) in [6.07, 6.45) is 2.89. The van der Waals surface area contributed by atoms with E-state index in [-0.39, 0.29) is 0 Å². The van der Waals surface area contributed by atoms with E-state index < -0.39 is 0 Å². The highest BCUT2D eigenvalue weighted by Crippen LogP contribution is 2.12. The van der Waals surface area contributed by atoms with Gasteiger partial charge in [0.15, 0.2) is 0 Å². The van der Waals surface area contributed by atoms with Gasteiger partial charge in [0, 0.05) is 12.1 Å². The first kappa shape index (κ1) is 9.84. The van der Waals surface area contributed by atoms with Crippen LogP contribution in [0.25, 0.3) is 0 Å². The smallest absolute Gasteiger partial charge is 0.213 e. The molecule has 0 bridgehead atoms. The molecule has 0 aliphatic carbocycles. The summed E-state index contributed by atoms with van der Waals surface area (Å²) in [7, 11) is 1.62. The fraction of sp³-hybridized carbons (Fsp3) is 0.500. The molecule has 1 aromatic heterocycles. The van der Waals surface area contributed by atoms with Crippen molar-refractivity contribution in [1.82, 2.24) is 4.98 Å². The third-order valence-electron chi connectivity index (χ3n) is 1.97. The highest BCUT2D eigenvalue weighted by atomic mass is 16.5. The van der Waals surface area contributed by atoms with Gasteiger partial charge in [0.2, 0.25) is 5.88 Å². The minimum Gasteiger partial charge on any atom is -0.481 e. The van der Waals surface area contributed by atoms with Crippen molar-refractivity contribution in [3.63, 3.8) is 0 Å². The van der Waals surface area contributed by atoms with Gasteiger partial charge in [0.05, 0.1) is 19.0 Å². The van der Waals surface area contributed by atoms with Crippen LogP contribution in [0.15, 0.2) is 18.3 Å². The van der Waals surface area contributed by atoms with Crippen molar-refractivity contribution < 1.29 is 4.74 Å². The van der Waals surface area contributed by atoms with Gasteiger partial charge in [-0.1, -0.05) is 6.92 Å². The lowest BCUT2D eigenvalue weighted by atomic mass is 10.2. The van der Waals surface area contributed by atoms with E-state index in [0.717, 1.165) is 12.1 Å². The first-order valence-corrected chi connectivity index (χ1v) is 4.52. The monoisotopic (exact) mass is 180 g/mol. The number of rotatable bonds is 4. The molecule has 72 valence electrons. The minimum atomic E-state index is 0.482. The maximum Gasteiger partial charge on any atom is 0.213 e. The molecule has 0 aromatic carbocycles. The fourth-order valence-corrected chi connectivity index (χ4v) is 0.973. The van der Waals surface area contributed by atoms with Crippen molar-refractivity contribution in [2.45, 2.75) is 26.3 Å². The van der Waals surface area contributed by atoms with E-state index in [1.165, 1.54) is 0 Å². The van der Waals surface area contributed by atoms with Crippen LogP contribution in [0.2, 0.25) is 0 Å². The zero-order valence-corrected chi connectivity index (χ0v) is 8.37. The number of pyridine rings is 1. The zero-order valence-electron chi connectivity index (χ0n) is 8.37. The molecule has 1 rings (SSSR count). The molecule has 3 heteroatoms. The molecule has 0 aliphatic rings. The van der Waals surface area contributed by atoms with Crippen molar-refractivity contribution in [2.24, 2.45) is 0 Å². The average molecular weight is 180 g/mol. The second-order valence-corrected chi connectivity index (χ2v) is 3.04. The van der Waals surface area contributed by atoms with E-state index in [2.05, 4.69) is 24.1 Å². The topological polar surface area (TPSA) is 34.1 Å². The van der Waals surface area contributed by atoms with Crippen LogP contribution < -0.4 is 10.1 Å². The Bertz CT molecular complexity index is 246. The van der Waals surface area contributed by atoms with Gasteiger partial charge < -0.3 is 10.1 Å². The fourth-order valence-electron chi connectivity index (χ4n) is 0.973. The number of hydrogen-bond acceptors (Lipinski definition) is 3. The van der Waals surface area contributed by atoms with Crippen LogP contribution in [0.5, 0.6) is 5.88 Å². The minimum absolute atomic E-state index is 0.482. The van der Waals surface area contributed by atoms with E-state index in [0.29, 0.717) is 11.9 Å². The quantitative estimate of drug-likeness (QED) is 0.772. The van der Waals surface area contributed by atoms with Gasteiger partial charge in [-0.3, -0.25) is 0 Å². The number of nitrogens with zero attached hydrogens (tertiary/aromatic N) is 1. The second-order valence-electron chi connectivity index (χ2n) is 3.04. The summed E-state index contributed by atoms with van der Waals surface area (Å²) >= 11 is 0. The first-order chi connectivity index (χ1) is 6.26. The molecule has 1 unspecified atom stereocenters. The summed E-state index contributed by atoms with van der Waals surface area (Å²) in [5.74, 6) is 0.648. The van der Waals surface area contributed by atoms with Crippen LogP contribution in [0.1, 0.15) is 20.3 Å². The molecule has 0 aliphatic heterocycles. The molecule has 1 N–H and O–H groups in total. The molecule has 0 radical (unpaired) electrons. The van der Waals surface area contributed by atoms with Gasteiger partial charge in [-0.25, -0.2) is 4.98 Å². The van der Waals surface area contributed by atoms with Gasteiger partial charge in [-0.15, -0.1) is 0 Å². The van der Waals surface area contributed by atoms with Crippen LogP contribution in [0.4, 0.5) is 5.69 Å². The van der Waals surface area contributed by atoms with Gasteiger partial charge in [-0.2, -0.15) is 0 Å². The molecule has 0 saturated carbocycles. The van der Waals surface area contributed by atoms with Gasteiger partial charge >= 0.3 is 0 Å². The predicted molar refractivity (Wildman–Crippen MR) is 54.2 cm³/mol. The van der Waals surface area contributed by atoms with Crippen LogP contribution in [-0.2, 0) is 0 Å². The Morgan fingerprint density at radius 1 is 1.54 bits per heavy atom. The molecule has 3 nitrogen and oxygen atoms in total. The van der Waals surface area contributed by atoms with Crippen LogP contribution in [-0.4, -0.2) is 18.1 Å². The summed E-state index contributed by atoms with van der Waals surface area (Å²) in [5.41, 5.74) is 1.04. The predicted octanol–water partition coefficient (Wildman–Crippen LogP) is 2.30. The highest BCUT2D eigenvalue weighted by Gasteiger charge is 1.98. The second kappa shape index (κ2) is 4.70. The number of aromatic nitrogens is 1. The number of ether oxygens (including phenoxy) is 1. The lowest BCUT2D eigenvalue weighted by molar-refractivity contribution is 0.398. The maximum atomic E-state index is 4.96. The van der Waals surface area contributed by atoms with Crippen LogP contribution in [0, 0.1) is 0 Å². The summed E-state index contributed by atoms with van der Waals surface area (Å²) in [6, 6.07) is 4.30. The molecule has 13 heavy (non-hydrogen) atoms.